The van der Waals surface area contributed by atoms with Gasteiger partial charge >= 0.3 is 0 Å². The van der Waals surface area contributed by atoms with E-state index in [1.54, 1.807) is 0 Å². The zero-order valence-electron chi connectivity index (χ0n) is 14.3. The summed E-state index contributed by atoms with van der Waals surface area (Å²) in [5, 5.41) is 8.52. The topological polar surface area (TPSA) is 29.9 Å². The lowest BCUT2D eigenvalue weighted by Crippen LogP contribution is -2.28. The number of allylic oxidation sites excluding steroid dienone is 1. The molecule has 2 atom stereocenters. The first-order valence-corrected chi connectivity index (χ1v) is 9.65. The van der Waals surface area contributed by atoms with E-state index < -0.39 is 0 Å². The van der Waals surface area contributed by atoms with Gasteiger partial charge in [-0.05, 0) is 63.8 Å². The molecule has 0 aliphatic heterocycles. The van der Waals surface area contributed by atoms with Gasteiger partial charge in [-0.25, -0.2) is 4.68 Å². The molecule has 4 rings (SSSR count). The van der Waals surface area contributed by atoms with Gasteiger partial charge in [0.25, 0.3) is 0 Å². The van der Waals surface area contributed by atoms with Crippen molar-refractivity contribution in [1.29, 1.82) is 0 Å². The average molecular weight is 386 g/mol. The minimum absolute atomic E-state index is 0.475. The molecule has 2 aliphatic carbocycles. The summed E-state index contributed by atoms with van der Waals surface area (Å²) in [5.74, 6) is 1.41. The quantitative estimate of drug-likeness (QED) is 0.758. The minimum Gasteiger partial charge on any atom is -0.310 e. The molecule has 24 heavy (non-hydrogen) atoms. The van der Waals surface area contributed by atoms with E-state index in [4.69, 9.17) is 5.10 Å². The molecule has 2 aliphatic rings. The molecule has 4 heteroatoms. The van der Waals surface area contributed by atoms with E-state index in [1.165, 1.54) is 30.6 Å². The Labute approximate surface area is 152 Å². The first-order valence-electron chi connectivity index (χ1n) is 8.85. The molecule has 1 aromatic heterocycles. The van der Waals surface area contributed by atoms with E-state index in [9.17, 15) is 0 Å². The van der Waals surface area contributed by atoms with Crippen LogP contribution in [0, 0.1) is 19.8 Å². The molecule has 2 aromatic rings. The number of hydrogen-bond donors (Lipinski definition) is 1. The van der Waals surface area contributed by atoms with Crippen molar-refractivity contribution in [3.63, 3.8) is 0 Å². The smallest absolute Gasteiger partial charge is 0.0660 e. The summed E-state index contributed by atoms with van der Waals surface area (Å²) in [5.41, 5.74) is 4.90. The lowest BCUT2D eigenvalue weighted by atomic mass is 9.96. The van der Waals surface area contributed by atoms with Crippen LogP contribution in [0.15, 0.2) is 40.9 Å². The van der Waals surface area contributed by atoms with Crippen LogP contribution in [-0.4, -0.2) is 22.4 Å². The predicted molar refractivity (Wildman–Crippen MR) is 102 cm³/mol. The number of aromatic nitrogens is 2. The second-order valence-electron chi connectivity index (χ2n) is 7.16. The molecule has 1 saturated carbocycles. The molecule has 1 fully saturated rings. The van der Waals surface area contributed by atoms with Gasteiger partial charge < -0.3 is 5.32 Å². The molecular weight excluding hydrogens is 362 g/mol. The average Bonchev–Trinajstić information content (AvgIpc) is 3.20. The molecule has 0 amide bonds. The van der Waals surface area contributed by atoms with Gasteiger partial charge in [0.2, 0.25) is 0 Å². The Balaban J connectivity index is 1.55. The Kier molecular flexibility index (Phi) is 4.35. The standard InChI is InChI=1S/C20H24BrN3/c1-13-20(16-8-9-18(10-16)22-12-15-6-7-15)14(2)24(23-13)19-5-3-4-17(21)11-19/h3-5,8-9,11,15-16,18,22H,6-7,10,12H2,1-2H3/t16-,18-/m1/s1. The Morgan fingerprint density at radius 3 is 2.83 bits per heavy atom. The van der Waals surface area contributed by atoms with E-state index in [2.05, 4.69) is 70.1 Å². The summed E-state index contributed by atoms with van der Waals surface area (Å²) in [6.45, 7) is 5.50. The molecular formula is C20H24BrN3. The van der Waals surface area contributed by atoms with Crippen molar-refractivity contribution in [2.45, 2.75) is 45.1 Å². The number of halogens is 1. The van der Waals surface area contributed by atoms with Crippen LogP contribution in [0.1, 0.15) is 42.1 Å². The molecule has 0 saturated heterocycles. The molecule has 1 N–H and O–H groups in total. The van der Waals surface area contributed by atoms with Gasteiger partial charge in [-0.15, -0.1) is 0 Å². The Hall–Kier alpha value is -1.39. The number of aryl methyl sites for hydroxylation is 1. The van der Waals surface area contributed by atoms with Gasteiger partial charge in [0.1, 0.15) is 0 Å². The zero-order chi connectivity index (χ0) is 16.7. The van der Waals surface area contributed by atoms with Crippen LogP contribution in [0.5, 0.6) is 0 Å². The fourth-order valence-electron chi connectivity index (χ4n) is 3.76. The third-order valence-electron chi connectivity index (χ3n) is 5.22. The summed E-state index contributed by atoms with van der Waals surface area (Å²) >= 11 is 3.56. The van der Waals surface area contributed by atoms with Gasteiger partial charge in [0.05, 0.1) is 11.4 Å². The van der Waals surface area contributed by atoms with Gasteiger partial charge in [-0.3, -0.25) is 0 Å². The summed E-state index contributed by atoms with van der Waals surface area (Å²) in [6, 6.07) is 8.85. The normalized spacial score (nSPS) is 23.1. The van der Waals surface area contributed by atoms with Crippen molar-refractivity contribution < 1.29 is 0 Å². The second kappa shape index (κ2) is 6.49. The fourth-order valence-corrected chi connectivity index (χ4v) is 4.14. The number of hydrogen-bond acceptors (Lipinski definition) is 2. The van der Waals surface area contributed by atoms with E-state index in [-0.39, 0.29) is 0 Å². The van der Waals surface area contributed by atoms with Crippen LogP contribution in [0.4, 0.5) is 0 Å². The highest BCUT2D eigenvalue weighted by Gasteiger charge is 2.28. The third-order valence-corrected chi connectivity index (χ3v) is 5.71. The molecule has 0 unspecified atom stereocenters. The molecule has 1 heterocycles. The Morgan fingerprint density at radius 2 is 2.08 bits per heavy atom. The lowest BCUT2D eigenvalue weighted by molar-refractivity contribution is 0.539. The van der Waals surface area contributed by atoms with Crippen LogP contribution >= 0.6 is 15.9 Å². The van der Waals surface area contributed by atoms with Gasteiger partial charge in [0, 0.05) is 27.7 Å². The van der Waals surface area contributed by atoms with Crippen LogP contribution in [-0.2, 0) is 0 Å². The molecule has 0 bridgehead atoms. The van der Waals surface area contributed by atoms with E-state index in [0.717, 1.165) is 28.2 Å². The zero-order valence-corrected chi connectivity index (χ0v) is 15.9. The summed E-state index contributed by atoms with van der Waals surface area (Å²) < 4.78 is 3.16. The highest BCUT2D eigenvalue weighted by atomic mass is 79.9. The van der Waals surface area contributed by atoms with Crippen molar-refractivity contribution in [1.82, 2.24) is 15.1 Å². The maximum atomic E-state index is 4.82. The first kappa shape index (κ1) is 16.1. The molecule has 1 aromatic carbocycles. The maximum absolute atomic E-state index is 4.82. The molecule has 3 nitrogen and oxygen atoms in total. The van der Waals surface area contributed by atoms with Gasteiger partial charge in [-0.1, -0.05) is 34.1 Å². The van der Waals surface area contributed by atoms with Crippen LogP contribution in [0.3, 0.4) is 0 Å². The fraction of sp³-hybridized carbons (Fsp3) is 0.450. The van der Waals surface area contributed by atoms with Crippen molar-refractivity contribution in [3.8, 4) is 5.69 Å². The van der Waals surface area contributed by atoms with Crippen LogP contribution < -0.4 is 5.32 Å². The Morgan fingerprint density at radius 1 is 1.25 bits per heavy atom. The monoisotopic (exact) mass is 385 g/mol. The highest BCUT2D eigenvalue weighted by molar-refractivity contribution is 9.10. The Bertz CT molecular complexity index is 773. The highest BCUT2D eigenvalue weighted by Crippen LogP contribution is 2.35. The van der Waals surface area contributed by atoms with Crippen molar-refractivity contribution >= 4 is 15.9 Å². The van der Waals surface area contributed by atoms with E-state index in [1.807, 2.05) is 6.07 Å². The van der Waals surface area contributed by atoms with Crippen molar-refractivity contribution in [3.05, 3.63) is 57.8 Å². The number of nitrogens with zero attached hydrogens (tertiary/aromatic N) is 2. The summed E-state index contributed by atoms with van der Waals surface area (Å²) in [6.07, 6.45) is 8.68. The predicted octanol–water partition coefficient (Wildman–Crippen LogP) is 4.66. The minimum atomic E-state index is 0.475. The number of nitrogens with one attached hydrogen (secondary N) is 1. The molecule has 126 valence electrons. The number of rotatable bonds is 5. The lowest BCUT2D eigenvalue weighted by Gasteiger charge is -2.14. The van der Waals surface area contributed by atoms with Gasteiger partial charge in [0.15, 0.2) is 0 Å². The van der Waals surface area contributed by atoms with E-state index >= 15 is 0 Å². The SMILES string of the molecule is Cc1nn(-c2cccc(Br)c2)c(C)c1[C@@H]1C=C[C@@H](NCC2CC2)C1. The first-order chi connectivity index (χ1) is 11.6. The summed E-state index contributed by atoms with van der Waals surface area (Å²) in [7, 11) is 0. The van der Waals surface area contributed by atoms with Crippen LogP contribution in [0.2, 0.25) is 0 Å². The molecule has 0 radical (unpaired) electrons. The largest absolute Gasteiger partial charge is 0.310 e. The van der Waals surface area contributed by atoms with Crippen molar-refractivity contribution in [2.75, 3.05) is 6.54 Å². The molecule has 0 spiro atoms. The van der Waals surface area contributed by atoms with Crippen molar-refractivity contribution in [2.24, 2.45) is 5.92 Å². The summed E-state index contributed by atoms with van der Waals surface area (Å²) in [4.78, 5) is 0. The van der Waals surface area contributed by atoms with E-state index in [0.29, 0.717) is 12.0 Å². The van der Waals surface area contributed by atoms with Gasteiger partial charge in [-0.2, -0.15) is 5.10 Å². The third kappa shape index (κ3) is 3.22. The van der Waals surface area contributed by atoms with Crippen LogP contribution in [0.25, 0.3) is 5.69 Å². The maximum Gasteiger partial charge on any atom is 0.0660 e. The second-order valence-corrected chi connectivity index (χ2v) is 8.08. The number of benzene rings is 1.